The largest absolute Gasteiger partial charge is 0.486 e. The molecular formula is C130H131Ir3N9O3Si3-6. The minimum atomic E-state index is -1.50. The molecule has 0 spiro atoms. The van der Waals surface area contributed by atoms with E-state index in [2.05, 4.69) is 241 Å². The first-order chi connectivity index (χ1) is 71.8. The number of aromatic nitrogens is 9. The standard InChI is InChI=1S/C27H23N2O.2C26H21N2O.3C17H22NSi.3Ir/c1-27(2,3)16-18-11-12-28-24(13-18)20-9-10-25-22(14-20)23-15-21(17-29-26(23)30-25)19-7-5-4-6-8-19;1-26(2,3)19-13-14-27-23(16-19)18-9-12-24-21(15-18)20-10-11-22(28-25(20)29-24)17-7-5-4-6-8-17;1-17(2)14-18-10-12-27-23(15-18)20-8-9-24-22(16-20)25-21(11-13-28-26(25)29-24)19-6-4-3-5-7-19;3*1-13(2)15-11-16(14-9-7-6-8-10-14)18-12-17(15)19(3,4)5;;;/h4-8,10-15,17H,16H2,1-3H3;4-8,10-16H,1-3H3;3-7,9-13,15-17H,14H2,1-2H3;3*6-9,11-13H,1-5H3;;;/q6*-1;;;/i16D2;;14D2;3*13D;;;. The molecule has 0 aliphatic carbocycles. The zero-order valence-electron chi connectivity index (χ0n) is 95.5. The van der Waals surface area contributed by atoms with E-state index in [9.17, 15) is 0 Å². The maximum Gasteiger partial charge on any atom is 0.216 e. The van der Waals surface area contributed by atoms with Gasteiger partial charge in [-0.3, -0.25) is 0 Å². The van der Waals surface area contributed by atoms with Gasteiger partial charge in [0.25, 0.3) is 0 Å². The second kappa shape index (κ2) is 49.2. The molecule has 21 aromatic rings. The van der Waals surface area contributed by atoms with E-state index in [0.29, 0.717) is 50.8 Å². The fourth-order valence-corrected chi connectivity index (χ4v) is 22.1. The summed E-state index contributed by atoms with van der Waals surface area (Å²) < 4.78 is 77.3. The molecule has 12 heterocycles. The Kier molecular flexibility index (Phi) is 34.1. The molecule has 0 aliphatic heterocycles. The zero-order valence-corrected chi connectivity index (χ0v) is 98.7. The number of furan rings is 3. The van der Waals surface area contributed by atoms with Crippen LogP contribution in [0.4, 0.5) is 0 Å². The third kappa shape index (κ3) is 28.1. The molecule has 3 radical (unpaired) electrons. The number of fused-ring (bicyclic) bond motifs is 9. The van der Waals surface area contributed by atoms with E-state index in [1.165, 1.54) is 21.1 Å². The van der Waals surface area contributed by atoms with E-state index in [-0.39, 0.29) is 71.6 Å². The average molecular weight is 2540 g/mol. The van der Waals surface area contributed by atoms with E-state index in [1.54, 1.807) is 36.8 Å². The summed E-state index contributed by atoms with van der Waals surface area (Å²) in [7, 11) is -4.51. The third-order valence-electron chi connectivity index (χ3n) is 24.8. The van der Waals surface area contributed by atoms with Crippen molar-refractivity contribution in [3.63, 3.8) is 0 Å². The van der Waals surface area contributed by atoms with Gasteiger partial charge in [-0.05, 0) is 162 Å². The molecule has 0 amide bonds. The van der Waals surface area contributed by atoms with Crippen LogP contribution >= 0.6 is 0 Å². The van der Waals surface area contributed by atoms with E-state index in [4.69, 9.17) is 27.8 Å². The van der Waals surface area contributed by atoms with Crippen molar-refractivity contribution in [1.82, 2.24) is 44.9 Å². The van der Waals surface area contributed by atoms with Crippen LogP contribution in [0.5, 0.6) is 0 Å². The molecule has 0 aliphatic rings. The van der Waals surface area contributed by atoms with Crippen LogP contribution in [0, 0.1) is 47.7 Å². The van der Waals surface area contributed by atoms with Gasteiger partial charge < -0.3 is 43.2 Å². The fraction of sp³-hybridized carbons (Fsp3) is 0.238. The molecule has 18 heteroatoms. The van der Waals surface area contributed by atoms with Crippen molar-refractivity contribution >= 4 is 106 Å². The maximum atomic E-state index is 8.60. The Morgan fingerprint density at radius 1 is 0.318 bits per heavy atom. The Hall–Kier alpha value is -12.7. The molecule has 759 valence electrons. The fourth-order valence-electron chi connectivity index (χ4n) is 17.3. The molecule has 0 saturated carbocycles. The molecule has 148 heavy (non-hydrogen) atoms. The topological polar surface area (TPSA) is 155 Å². The summed E-state index contributed by atoms with van der Waals surface area (Å²) in [5, 5.41) is 9.61. The molecule has 0 unspecified atom stereocenters. The Balaban J connectivity index is 0.000000155. The second-order valence-corrected chi connectivity index (χ2v) is 57.7. The van der Waals surface area contributed by atoms with Crippen LogP contribution in [-0.4, -0.2) is 69.1 Å². The van der Waals surface area contributed by atoms with Crippen LogP contribution in [-0.2, 0) is 78.5 Å². The van der Waals surface area contributed by atoms with E-state index >= 15 is 0 Å². The van der Waals surface area contributed by atoms with E-state index < -0.39 is 60.1 Å². The van der Waals surface area contributed by atoms with E-state index in [0.717, 1.165) is 144 Å². The molecule has 0 fully saturated rings. The minimum absolute atomic E-state index is 0. The molecular weight excluding hydrogens is 2400 g/mol. The van der Waals surface area contributed by atoms with Crippen molar-refractivity contribution in [2.45, 2.75) is 192 Å². The van der Waals surface area contributed by atoms with Crippen molar-refractivity contribution in [3.8, 4) is 101 Å². The number of pyridine rings is 9. The summed E-state index contributed by atoms with van der Waals surface area (Å²) in [6, 6.07) is 111. The third-order valence-corrected chi connectivity index (χ3v) is 30.8. The van der Waals surface area contributed by atoms with Crippen molar-refractivity contribution in [1.29, 1.82) is 0 Å². The van der Waals surface area contributed by atoms with Gasteiger partial charge in [0.2, 0.25) is 17.1 Å². The van der Waals surface area contributed by atoms with Gasteiger partial charge in [0.15, 0.2) is 0 Å². The van der Waals surface area contributed by atoms with Crippen molar-refractivity contribution in [3.05, 3.63) is 398 Å². The molecule has 0 atom stereocenters. The number of hydrogen-bond acceptors (Lipinski definition) is 12. The van der Waals surface area contributed by atoms with Gasteiger partial charge in [0.1, 0.15) is 0 Å². The van der Waals surface area contributed by atoms with Crippen LogP contribution in [0.25, 0.3) is 167 Å². The molecule has 0 N–H and O–H groups in total. The first-order valence-electron chi connectivity index (χ1n) is 53.0. The van der Waals surface area contributed by atoms with Gasteiger partial charge >= 0.3 is 0 Å². The van der Waals surface area contributed by atoms with Crippen LogP contribution in [0.3, 0.4) is 0 Å². The van der Waals surface area contributed by atoms with Crippen LogP contribution in [0.15, 0.2) is 342 Å². The van der Waals surface area contributed by atoms with E-state index in [1.807, 2.05) is 283 Å². The van der Waals surface area contributed by atoms with Gasteiger partial charge in [-0.1, -0.05) is 327 Å². The summed E-state index contributed by atoms with van der Waals surface area (Å²) in [4.78, 5) is 41.1. The molecule has 0 saturated heterocycles. The van der Waals surface area contributed by atoms with Gasteiger partial charge in [0, 0.05) is 147 Å². The van der Waals surface area contributed by atoms with Gasteiger partial charge in [0.05, 0.1) is 46.7 Å². The molecule has 21 rings (SSSR count). The first-order valence-corrected chi connectivity index (χ1v) is 60.0. The number of hydrogen-bond donors (Lipinski definition) is 0. The molecule has 9 aromatic carbocycles. The predicted molar refractivity (Wildman–Crippen MR) is 614 cm³/mol. The number of benzene rings is 9. The normalized spacial score (nSPS) is 12.7. The summed E-state index contributed by atoms with van der Waals surface area (Å²) >= 11 is 0. The van der Waals surface area contributed by atoms with Gasteiger partial charge in [-0.15, -0.1) is 179 Å². The average Bonchev–Trinajstić information content (AvgIpc) is 1.37. The first kappa shape index (κ1) is 103. The van der Waals surface area contributed by atoms with Crippen LogP contribution in [0.2, 0.25) is 58.9 Å². The smallest absolute Gasteiger partial charge is 0.216 e. The summed E-state index contributed by atoms with van der Waals surface area (Å²) in [6.45, 7) is 48.5. The maximum absolute atomic E-state index is 8.60. The molecule has 12 aromatic heterocycles. The Morgan fingerprint density at radius 3 is 1.15 bits per heavy atom. The summed E-state index contributed by atoms with van der Waals surface area (Å²) in [6.07, 6.45) is 11.8. The van der Waals surface area contributed by atoms with Crippen molar-refractivity contribution in [2.75, 3.05) is 0 Å². The van der Waals surface area contributed by atoms with Crippen LogP contribution in [0.1, 0.15) is 158 Å². The summed E-state index contributed by atoms with van der Waals surface area (Å²) in [5.41, 5.74) is 26.0. The molecule has 0 bridgehead atoms. The summed E-state index contributed by atoms with van der Waals surface area (Å²) in [5.74, 6) is -1.97. The number of nitrogens with zero attached hydrogens (tertiary/aromatic N) is 9. The van der Waals surface area contributed by atoms with Gasteiger partial charge in [-0.2, -0.15) is 0 Å². The Labute approximate surface area is 928 Å². The SMILES string of the molecule is CC(C)(C)c1ccnc(-c2[c-]cc3oc4nc(-c5ccccc5)ccc4c3c2)c1.[2H]C(C)(C)c1cc(-c2[c-]cccc2)ncc1[Si](C)(C)C.[2H]C(C)(C)c1cc(-c2[c-]cccc2)ncc1[Si](C)(C)C.[2H]C(C)(C)c1cc(-c2[c-]cccc2)ncc1[Si](C)(C)C.[2H]C([2H])(c1ccnc(-c2[c-]cc3oc4ncc(-c5ccccc5)cc4c3c2)c1)C(C)(C)C.[2H]C([2H])(c1ccnc(-c2[c-]cc3oc4nccc(-c5ccccc5)c4c3c2)c1)C(C)C.[Ir].[Ir].[Ir]. The Bertz CT molecular complexity index is 8170. The van der Waals surface area contributed by atoms with Crippen molar-refractivity contribution < 1.29 is 83.2 Å². The minimum Gasteiger partial charge on any atom is -0.486 e. The van der Waals surface area contributed by atoms with Gasteiger partial charge in [-0.25, -0.2) is 15.0 Å². The van der Waals surface area contributed by atoms with Crippen LogP contribution < -0.4 is 15.6 Å². The Morgan fingerprint density at radius 2 is 0.709 bits per heavy atom. The second-order valence-electron chi connectivity index (χ2n) is 42.6. The molecule has 12 nitrogen and oxygen atoms in total. The monoisotopic (exact) mass is 2540 g/mol. The zero-order chi connectivity index (χ0) is 109. The number of rotatable bonds is 18. The van der Waals surface area contributed by atoms with Crippen molar-refractivity contribution in [2.24, 2.45) is 11.3 Å². The predicted octanol–water partition coefficient (Wildman–Crippen LogP) is 33.3. The quantitative estimate of drug-likeness (QED) is 0.0593.